The third-order valence-electron chi connectivity index (χ3n) is 2.88. The van der Waals surface area contributed by atoms with Gasteiger partial charge in [0.25, 0.3) is 0 Å². The van der Waals surface area contributed by atoms with Crippen LogP contribution < -0.4 is 5.73 Å². The van der Waals surface area contributed by atoms with E-state index in [2.05, 4.69) is 20.8 Å². The maximum Gasteiger partial charge on any atom is 0.224 e. The number of nitrogens with two attached hydrogens (primary N) is 1. The fourth-order valence-corrected chi connectivity index (χ4v) is 1.77. The molecule has 0 spiro atoms. The molecule has 0 saturated carbocycles. The van der Waals surface area contributed by atoms with Crippen LogP contribution in [0.3, 0.4) is 0 Å². The summed E-state index contributed by atoms with van der Waals surface area (Å²) in [6.07, 6.45) is 3.47. The van der Waals surface area contributed by atoms with E-state index in [4.69, 9.17) is 5.73 Å². The highest BCUT2D eigenvalue weighted by molar-refractivity contribution is 5.77. The van der Waals surface area contributed by atoms with Gasteiger partial charge < -0.3 is 10.6 Å². The summed E-state index contributed by atoms with van der Waals surface area (Å²) in [6, 6.07) is 0.358. The Morgan fingerprint density at radius 3 is 2.33 bits per heavy atom. The fraction of sp³-hybridized carbons (Fsp3) is 0.917. The molecular formula is C12H26N2O. The van der Waals surface area contributed by atoms with Gasteiger partial charge in [0, 0.05) is 25.0 Å². The van der Waals surface area contributed by atoms with Crippen molar-refractivity contribution in [3.8, 4) is 0 Å². The first kappa shape index (κ1) is 14.4. The number of rotatable bonds is 7. The van der Waals surface area contributed by atoms with Crippen LogP contribution in [0, 0.1) is 0 Å². The van der Waals surface area contributed by atoms with Gasteiger partial charge in [0.2, 0.25) is 5.91 Å². The Bertz CT molecular complexity index is 182. The Morgan fingerprint density at radius 1 is 1.33 bits per heavy atom. The van der Waals surface area contributed by atoms with Gasteiger partial charge in [0.1, 0.15) is 0 Å². The number of nitrogens with zero attached hydrogens (tertiary/aromatic N) is 1. The first-order valence-electron chi connectivity index (χ1n) is 6.11. The molecule has 2 N–H and O–H groups in total. The van der Waals surface area contributed by atoms with Crippen molar-refractivity contribution in [3.05, 3.63) is 0 Å². The van der Waals surface area contributed by atoms with E-state index in [1.807, 2.05) is 11.8 Å². The number of carbonyl (C=O) groups is 1. The Labute approximate surface area is 94.0 Å². The van der Waals surface area contributed by atoms with Gasteiger partial charge in [-0.25, -0.2) is 0 Å². The van der Waals surface area contributed by atoms with Crippen LogP contribution in [0.25, 0.3) is 0 Å². The summed E-state index contributed by atoms with van der Waals surface area (Å²) < 4.78 is 0. The lowest BCUT2D eigenvalue weighted by Crippen LogP contribution is -2.41. The standard InChI is InChI=1S/C12H26N2O/c1-5-8-11(13)9-12(15)14(7-3)10(4)6-2/h10-11H,5-9,13H2,1-4H3. The quantitative estimate of drug-likeness (QED) is 0.706. The van der Waals surface area contributed by atoms with Gasteiger partial charge in [0.15, 0.2) is 0 Å². The smallest absolute Gasteiger partial charge is 0.224 e. The third kappa shape index (κ3) is 5.17. The number of hydrogen-bond acceptors (Lipinski definition) is 2. The topological polar surface area (TPSA) is 46.3 Å². The molecule has 0 bridgehead atoms. The van der Waals surface area contributed by atoms with E-state index in [9.17, 15) is 4.79 Å². The van der Waals surface area contributed by atoms with E-state index in [0.29, 0.717) is 12.5 Å². The summed E-state index contributed by atoms with van der Waals surface area (Å²) in [5, 5.41) is 0. The Hall–Kier alpha value is -0.570. The molecule has 3 nitrogen and oxygen atoms in total. The molecule has 0 aromatic rings. The van der Waals surface area contributed by atoms with Gasteiger partial charge in [-0.2, -0.15) is 0 Å². The average Bonchev–Trinajstić information content (AvgIpc) is 2.18. The normalized spacial score (nSPS) is 14.7. The van der Waals surface area contributed by atoms with Crippen LogP contribution in [0.15, 0.2) is 0 Å². The molecule has 0 saturated heterocycles. The molecule has 0 aromatic heterocycles. The maximum absolute atomic E-state index is 11.9. The first-order chi connectivity index (χ1) is 7.06. The number of amides is 1. The fourth-order valence-electron chi connectivity index (χ4n) is 1.77. The maximum atomic E-state index is 11.9. The van der Waals surface area contributed by atoms with Crippen LogP contribution in [-0.4, -0.2) is 29.4 Å². The van der Waals surface area contributed by atoms with Gasteiger partial charge >= 0.3 is 0 Å². The molecule has 0 fully saturated rings. The van der Waals surface area contributed by atoms with E-state index in [1.54, 1.807) is 0 Å². The van der Waals surface area contributed by atoms with E-state index in [0.717, 1.165) is 25.8 Å². The van der Waals surface area contributed by atoms with Crippen molar-refractivity contribution in [2.45, 2.75) is 65.5 Å². The van der Waals surface area contributed by atoms with Crippen molar-refractivity contribution in [3.63, 3.8) is 0 Å². The van der Waals surface area contributed by atoms with Crippen molar-refractivity contribution in [2.24, 2.45) is 5.73 Å². The molecular weight excluding hydrogens is 188 g/mol. The first-order valence-corrected chi connectivity index (χ1v) is 6.11. The van der Waals surface area contributed by atoms with E-state index in [-0.39, 0.29) is 11.9 Å². The predicted molar refractivity (Wildman–Crippen MR) is 64.6 cm³/mol. The summed E-state index contributed by atoms with van der Waals surface area (Å²) in [5.41, 5.74) is 5.87. The van der Waals surface area contributed by atoms with Crippen LogP contribution >= 0.6 is 0 Å². The molecule has 0 radical (unpaired) electrons. The minimum atomic E-state index is 0.0283. The highest BCUT2D eigenvalue weighted by atomic mass is 16.2. The zero-order valence-corrected chi connectivity index (χ0v) is 10.6. The second-order valence-corrected chi connectivity index (χ2v) is 4.19. The highest BCUT2D eigenvalue weighted by Gasteiger charge is 2.18. The molecule has 1 amide bonds. The summed E-state index contributed by atoms with van der Waals surface area (Å²) in [4.78, 5) is 13.8. The van der Waals surface area contributed by atoms with Crippen LogP contribution in [0.4, 0.5) is 0 Å². The molecule has 0 aliphatic carbocycles. The molecule has 0 rings (SSSR count). The van der Waals surface area contributed by atoms with Gasteiger partial charge in [-0.05, 0) is 26.7 Å². The molecule has 2 atom stereocenters. The van der Waals surface area contributed by atoms with Crippen molar-refractivity contribution < 1.29 is 4.79 Å². The second-order valence-electron chi connectivity index (χ2n) is 4.19. The number of hydrogen-bond donors (Lipinski definition) is 1. The monoisotopic (exact) mass is 214 g/mol. The highest BCUT2D eigenvalue weighted by Crippen LogP contribution is 2.08. The molecule has 15 heavy (non-hydrogen) atoms. The Kier molecular flexibility index (Phi) is 7.39. The van der Waals surface area contributed by atoms with Crippen molar-refractivity contribution in [2.75, 3.05) is 6.54 Å². The van der Waals surface area contributed by atoms with Crippen molar-refractivity contribution >= 4 is 5.91 Å². The van der Waals surface area contributed by atoms with Gasteiger partial charge in [-0.15, -0.1) is 0 Å². The van der Waals surface area contributed by atoms with Gasteiger partial charge in [-0.3, -0.25) is 4.79 Å². The molecule has 0 heterocycles. The zero-order chi connectivity index (χ0) is 11.8. The minimum Gasteiger partial charge on any atom is -0.340 e. The van der Waals surface area contributed by atoms with Crippen molar-refractivity contribution in [1.82, 2.24) is 4.90 Å². The third-order valence-corrected chi connectivity index (χ3v) is 2.88. The van der Waals surface area contributed by atoms with Crippen molar-refractivity contribution in [1.29, 1.82) is 0 Å². The summed E-state index contributed by atoms with van der Waals surface area (Å²) in [6.45, 7) is 9.10. The molecule has 0 aliphatic heterocycles. The summed E-state index contributed by atoms with van der Waals surface area (Å²) in [5.74, 6) is 0.202. The van der Waals surface area contributed by atoms with Gasteiger partial charge in [0.05, 0.1) is 0 Å². The molecule has 2 unspecified atom stereocenters. The van der Waals surface area contributed by atoms with E-state index < -0.39 is 0 Å². The summed E-state index contributed by atoms with van der Waals surface area (Å²) in [7, 11) is 0. The van der Waals surface area contributed by atoms with Gasteiger partial charge in [-0.1, -0.05) is 20.3 Å². The van der Waals surface area contributed by atoms with Crippen LogP contribution in [0.2, 0.25) is 0 Å². The van der Waals surface area contributed by atoms with Crippen LogP contribution in [0.5, 0.6) is 0 Å². The molecule has 90 valence electrons. The lowest BCUT2D eigenvalue weighted by atomic mass is 10.1. The number of carbonyl (C=O) groups excluding carboxylic acids is 1. The Morgan fingerprint density at radius 2 is 1.93 bits per heavy atom. The largest absolute Gasteiger partial charge is 0.340 e. The minimum absolute atomic E-state index is 0.0283. The predicted octanol–water partition coefficient (Wildman–Crippen LogP) is 2.15. The van der Waals surface area contributed by atoms with Crippen LogP contribution in [0.1, 0.15) is 53.4 Å². The molecule has 3 heteroatoms. The lowest BCUT2D eigenvalue weighted by Gasteiger charge is -2.28. The van der Waals surface area contributed by atoms with E-state index >= 15 is 0 Å². The lowest BCUT2D eigenvalue weighted by molar-refractivity contribution is -0.133. The van der Waals surface area contributed by atoms with Crippen LogP contribution in [-0.2, 0) is 4.79 Å². The second kappa shape index (κ2) is 7.69. The zero-order valence-electron chi connectivity index (χ0n) is 10.6. The average molecular weight is 214 g/mol. The van der Waals surface area contributed by atoms with E-state index in [1.165, 1.54) is 0 Å². The Balaban J connectivity index is 4.15. The summed E-state index contributed by atoms with van der Waals surface area (Å²) >= 11 is 0. The SMILES string of the molecule is CCCC(N)CC(=O)N(CC)C(C)CC. The molecule has 0 aromatic carbocycles. The molecule has 0 aliphatic rings.